The van der Waals surface area contributed by atoms with Gasteiger partial charge in [-0.15, -0.1) is 0 Å². The molecule has 0 bridgehead atoms. The summed E-state index contributed by atoms with van der Waals surface area (Å²) in [6.07, 6.45) is -3.88. The molecule has 84 valence electrons. The van der Waals surface area contributed by atoms with Gasteiger partial charge in [0, 0.05) is 5.92 Å². The van der Waals surface area contributed by atoms with Gasteiger partial charge in [-0.2, -0.15) is 13.2 Å². The quantitative estimate of drug-likeness (QED) is 0.621. The van der Waals surface area contributed by atoms with Gasteiger partial charge in [0.1, 0.15) is 5.67 Å². The number of rotatable bonds is 3. The first-order chi connectivity index (χ1) is 6.25. The van der Waals surface area contributed by atoms with Crippen LogP contribution in [0.1, 0.15) is 33.6 Å². The van der Waals surface area contributed by atoms with Gasteiger partial charge in [0.15, 0.2) is 0 Å². The van der Waals surface area contributed by atoms with Crippen molar-refractivity contribution in [2.24, 2.45) is 17.8 Å². The van der Waals surface area contributed by atoms with Crippen molar-refractivity contribution in [2.45, 2.75) is 45.5 Å². The normalized spacial score (nSPS) is 37.7. The molecule has 0 aromatic heterocycles. The SMILES string of the molecule is CCCC1(F)C(C(F)(F)F)[C@@H]1C(C)C. The van der Waals surface area contributed by atoms with Crippen LogP contribution in [-0.2, 0) is 0 Å². The summed E-state index contributed by atoms with van der Waals surface area (Å²) in [6, 6.07) is 0. The molecular formula is C10H16F4. The molecule has 0 nitrogen and oxygen atoms in total. The van der Waals surface area contributed by atoms with Crippen LogP contribution < -0.4 is 0 Å². The van der Waals surface area contributed by atoms with Gasteiger partial charge in [0.2, 0.25) is 0 Å². The monoisotopic (exact) mass is 212 g/mol. The Hall–Kier alpha value is -0.280. The molecule has 0 N–H and O–H groups in total. The third-order valence-electron chi connectivity index (χ3n) is 3.03. The number of hydrogen-bond acceptors (Lipinski definition) is 0. The lowest BCUT2D eigenvalue weighted by molar-refractivity contribution is -0.160. The summed E-state index contributed by atoms with van der Waals surface area (Å²) in [4.78, 5) is 0. The molecule has 0 amide bonds. The first kappa shape index (κ1) is 11.8. The molecule has 0 aromatic carbocycles. The topological polar surface area (TPSA) is 0 Å². The summed E-state index contributed by atoms with van der Waals surface area (Å²) < 4.78 is 51.1. The minimum absolute atomic E-state index is 0.0278. The average Bonchev–Trinajstić information content (AvgIpc) is 2.55. The minimum atomic E-state index is -4.38. The Morgan fingerprint density at radius 3 is 2.00 bits per heavy atom. The maximum Gasteiger partial charge on any atom is 0.395 e. The van der Waals surface area contributed by atoms with Gasteiger partial charge in [-0.1, -0.05) is 27.2 Å². The predicted octanol–water partition coefficient (Wildman–Crippen LogP) is 3.96. The summed E-state index contributed by atoms with van der Waals surface area (Å²) in [5.41, 5.74) is -1.98. The van der Waals surface area contributed by atoms with Gasteiger partial charge in [0.25, 0.3) is 0 Å². The first-order valence-corrected chi connectivity index (χ1v) is 5.00. The minimum Gasteiger partial charge on any atom is -0.243 e. The molecular weight excluding hydrogens is 196 g/mol. The predicted molar refractivity (Wildman–Crippen MR) is 46.6 cm³/mol. The summed E-state index contributed by atoms with van der Waals surface area (Å²) in [7, 11) is 0. The Labute approximate surface area is 81.7 Å². The van der Waals surface area contributed by atoms with Crippen LogP contribution in [0.2, 0.25) is 0 Å². The second-order valence-corrected chi connectivity index (χ2v) is 4.47. The second-order valence-electron chi connectivity index (χ2n) is 4.47. The van der Waals surface area contributed by atoms with Crippen LogP contribution in [0.15, 0.2) is 0 Å². The lowest BCUT2D eigenvalue weighted by atomic mass is 10.0. The van der Waals surface area contributed by atoms with E-state index in [2.05, 4.69) is 0 Å². The third-order valence-corrected chi connectivity index (χ3v) is 3.03. The lowest BCUT2D eigenvalue weighted by Crippen LogP contribution is -2.18. The van der Waals surface area contributed by atoms with Crippen molar-refractivity contribution >= 4 is 0 Å². The zero-order valence-corrected chi connectivity index (χ0v) is 8.66. The fourth-order valence-corrected chi connectivity index (χ4v) is 2.56. The molecule has 1 aliphatic rings. The van der Waals surface area contributed by atoms with E-state index in [-0.39, 0.29) is 12.3 Å². The van der Waals surface area contributed by atoms with Crippen LogP contribution in [0, 0.1) is 17.8 Å². The molecule has 0 saturated heterocycles. The van der Waals surface area contributed by atoms with Crippen LogP contribution in [0.4, 0.5) is 17.6 Å². The molecule has 14 heavy (non-hydrogen) atoms. The van der Waals surface area contributed by atoms with E-state index >= 15 is 0 Å². The van der Waals surface area contributed by atoms with Gasteiger partial charge < -0.3 is 0 Å². The lowest BCUT2D eigenvalue weighted by Gasteiger charge is -2.08. The molecule has 1 saturated carbocycles. The third kappa shape index (κ3) is 1.75. The molecule has 0 radical (unpaired) electrons. The van der Waals surface area contributed by atoms with Gasteiger partial charge in [-0.05, 0) is 12.3 Å². The standard InChI is InChI=1S/C10H16F4/c1-4-5-9(11)7(6(2)3)8(9)10(12,13)14/h6-8H,4-5H2,1-3H3/t7-,8?,9?/m0/s1. The first-order valence-electron chi connectivity index (χ1n) is 5.00. The highest BCUT2D eigenvalue weighted by Crippen LogP contribution is 2.66. The van der Waals surface area contributed by atoms with E-state index in [0.717, 1.165) is 0 Å². The van der Waals surface area contributed by atoms with E-state index in [0.29, 0.717) is 6.42 Å². The molecule has 1 aliphatic carbocycles. The van der Waals surface area contributed by atoms with Crippen molar-refractivity contribution in [1.82, 2.24) is 0 Å². The summed E-state index contributed by atoms with van der Waals surface area (Å²) in [5, 5.41) is 0. The van der Waals surface area contributed by atoms with E-state index in [4.69, 9.17) is 0 Å². The Bertz CT molecular complexity index is 209. The second kappa shape index (κ2) is 3.38. The van der Waals surface area contributed by atoms with Crippen molar-refractivity contribution in [3.8, 4) is 0 Å². The maximum absolute atomic E-state index is 13.9. The molecule has 0 heterocycles. The highest BCUT2D eigenvalue weighted by atomic mass is 19.4. The van der Waals surface area contributed by atoms with Crippen molar-refractivity contribution in [3.63, 3.8) is 0 Å². The Morgan fingerprint density at radius 2 is 1.79 bits per heavy atom. The maximum atomic E-state index is 13.9. The van der Waals surface area contributed by atoms with Crippen LogP contribution in [0.25, 0.3) is 0 Å². The van der Waals surface area contributed by atoms with Gasteiger partial charge in [0.05, 0.1) is 5.92 Å². The van der Waals surface area contributed by atoms with Crippen LogP contribution in [-0.4, -0.2) is 11.8 Å². The zero-order chi connectivity index (χ0) is 11.1. The number of alkyl halides is 4. The van der Waals surface area contributed by atoms with Crippen LogP contribution in [0.3, 0.4) is 0 Å². The molecule has 0 aliphatic heterocycles. The van der Waals surface area contributed by atoms with Crippen LogP contribution >= 0.6 is 0 Å². The number of hydrogen-bond donors (Lipinski definition) is 0. The molecule has 3 atom stereocenters. The van der Waals surface area contributed by atoms with Gasteiger partial charge >= 0.3 is 6.18 Å². The molecule has 1 rings (SSSR count). The molecule has 4 heteroatoms. The van der Waals surface area contributed by atoms with Crippen molar-refractivity contribution in [1.29, 1.82) is 0 Å². The highest BCUT2D eigenvalue weighted by molar-refractivity contribution is 5.16. The summed E-state index contributed by atoms with van der Waals surface area (Å²) in [6.45, 7) is 5.02. The fourth-order valence-electron chi connectivity index (χ4n) is 2.56. The molecule has 0 aromatic rings. The summed E-state index contributed by atoms with van der Waals surface area (Å²) >= 11 is 0. The van der Waals surface area contributed by atoms with E-state index in [9.17, 15) is 17.6 Å². The van der Waals surface area contributed by atoms with E-state index < -0.39 is 23.7 Å². The van der Waals surface area contributed by atoms with Gasteiger partial charge in [-0.3, -0.25) is 0 Å². The molecule has 1 fully saturated rings. The average molecular weight is 212 g/mol. The molecule has 0 spiro atoms. The van der Waals surface area contributed by atoms with Crippen molar-refractivity contribution in [3.05, 3.63) is 0 Å². The van der Waals surface area contributed by atoms with Crippen molar-refractivity contribution in [2.75, 3.05) is 0 Å². The Kier molecular flexibility index (Phi) is 2.85. The molecule has 2 unspecified atom stereocenters. The zero-order valence-electron chi connectivity index (χ0n) is 8.66. The smallest absolute Gasteiger partial charge is 0.243 e. The summed E-state index contributed by atoms with van der Waals surface area (Å²) in [5.74, 6) is -2.80. The Balaban J connectivity index is 2.78. The van der Waals surface area contributed by atoms with E-state index in [1.54, 1.807) is 20.8 Å². The number of halogens is 4. The highest BCUT2D eigenvalue weighted by Gasteiger charge is 2.76. The van der Waals surface area contributed by atoms with Crippen molar-refractivity contribution < 1.29 is 17.6 Å². The Morgan fingerprint density at radius 1 is 1.29 bits per heavy atom. The van der Waals surface area contributed by atoms with Crippen LogP contribution in [0.5, 0.6) is 0 Å². The van der Waals surface area contributed by atoms with E-state index in [1.165, 1.54) is 0 Å². The largest absolute Gasteiger partial charge is 0.395 e. The van der Waals surface area contributed by atoms with E-state index in [1.807, 2.05) is 0 Å². The fraction of sp³-hybridized carbons (Fsp3) is 1.00. The van der Waals surface area contributed by atoms with Gasteiger partial charge in [-0.25, -0.2) is 4.39 Å².